The summed E-state index contributed by atoms with van der Waals surface area (Å²) in [4.78, 5) is 15.1. The highest BCUT2D eigenvalue weighted by atomic mass is 16.5. The molecule has 1 fully saturated rings. The van der Waals surface area contributed by atoms with Crippen molar-refractivity contribution >= 4 is 5.91 Å². The maximum absolute atomic E-state index is 12.6. The van der Waals surface area contributed by atoms with Gasteiger partial charge in [-0.2, -0.15) is 0 Å². The van der Waals surface area contributed by atoms with E-state index in [9.17, 15) is 4.79 Å². The summed E-state index contributed by atoms with van der Waals surface area (Å²) in [6, 6.07) is 14.0. The van der Waals surface area contributed by atoms with E-state index < -0.39 is 0 Å². The van der Waals surface area contributed by atoms with Gasteiger partial charge in [-0.05, 0) is 67.2 Å². The first-order chi connectivity index (χ1) is 13.7. The Morgan fingerprint density at radius 3 is 2.68 bits per heavy atom. The molecule has 0 atom stereocenters. The largest absolute Gasteiger partial charge is 0.496 e. The van der Waals surface area contributed by atoms with E-state index in [0.29, 0.717) is 18.5 Å². The van der Waals surface area contributed by atoms with Crippen LogP contribution in [0, 0.1) is 0 Å². The van der Waals surface area contributed by atoms with Gasteiger partial charge in [-0.1, -0.05) is 36.8 Å². The highest BCUT2D eigenvalue weighted by molar-refractivity contribution is 5.94. The Morgan fingerprint density at radius 2 is 1.93 bits per heavy atom. The molecule has 28 heavy (non-hydrogen) atoms. The molecule has 0 aliphatic carbocycles. The Balaban J connectivity index is 1.60. The molecule has 0 spiro atoms. The minimum atomic E-state index is -0.0746. The van der Waals surface area contributed by atoms with Crippen LogP contribution in [-0.4, -0.2) is 31.0 Å². The number of rotatable bonds is 8. The zero-order valence-electron chi connectivity index (χ0n) is 16.7. The zero-order chi connectivity index (χ0) is 19.8. The normalized spacial score (nSPS) is 14.5. The number of ether oxygens (including phenoxy) is 1. The number of amides is 1. The molecular formula is C24H30N2O2. The number of carbonyl (C=O) groups excluding carboxylic acids is 1. The quantitative estimate of drug-likeness (QED) is 0.695. The predicted molar refractivity (Wildman–Crippen MR) is 114 cm³/mol. The number of likely N-dealkylation sites (tertiary alicyclic amines) is 1. The molecule has 1 N–H and O–H groups in total. The Morgan fingerprint density at radius 1 is 1.14 bits per heavy atom. The van der Waals surface area contributed by atoms with Gasteiger partial charge < -0.3 is 10.1 Å². The van der Waals surface area contributed by atoms with Crippen molar-refractivity contribution in [3.63, 3.8) is 0 Å². The average molecular weight is 379 g/mol. The SMILES string of the molecule is C=CCc1cc(C(=O)NCc2cccc(CN3CCCCC3)c2)ccc1OC. The van der Waals surface area contributed by atoms with Crippen LogP contribution in [0.25, 0.3) is 0 Å². The van der Waals surface area contributed by atoms with Gasteiger partial charge >= 0.3 is 0 Å². The highest BCUT2D eigenvalue weighted by Gasteiger charge is 2.12. The van der Waals surface area contributed by atoms with E-state index in [1.807, 2.05) is 18.2 Å². The number of piperidine rings is 1. The van der Waals surface area contributed by atoms with Crippen molar-refractivity contribution in [1.82, 2.24) is 10.2 Å². The lowest BCUT2D eigenvalue weighted by molar-refractivity contribution is 0.0950. The highest BCUT2D eigenvalue weighted by Crippen LogP contribution is 2.21. The molecule has 2 aromatic carbocycles. The molecule has 0 radical (unpaired) electrons. The molecule has 148 valence electrons. The molecule has 3 rings (SSSR count). The topological polar surface area (TPSA) is 41.6 Å². The number of hydrogen-bond donors (Lipinski definition) is 1. The van der Waals surface area contributed by atoms with Crippen molar-refractivity contribution < 1.29 is 9.53 Å². The van der Waals surface area contributed by atoms with E-state index in [1.54, 1.807) is 13.2 Å². The number of hydrogen-bond acceptors (Lipinski definition) is 3. The van der Waals surface area contributed by atoms with Crippen molar-refractivity contribution in [2.75, 3.05) is 20.2 Å². The van der Waals surface area contributed by atoms with Gasteiger partial charge in [-0.3, -0.25) is 9.69 Å². The monoisotopic (exact) mass is 378 g/mol. The summed E-state index contributed by atoms with van der Waals surface area (Å²) in [6.07, 6.45) is 6.43. The second-order valence-corrected chi connectivity index (χ2v) is 7.36. The molecule has 1 saturated heterocycles. The maximum atomic E-state index is 12.6. The fraction of sp³-hybridized carbons (Fsp3) is 0.375. The smallest absolute Gasteiger partial charge is 0.251 e. The molecule has 1 heterocycles. The molecule has 1 aliphatic heterocycles. The van der Waals surface area contributed by atoms with Crippen molar-refractivity contribution in [3.05, 3.63) is 77.4 Å². The van der Waals surface area contributed by atoms with Gasteiger partial charge in [0, 0.05) is 18.7 Å². The number of methoxy groups -OCH3 is 1. The Kier molecular flexibility index (Phi) is 7.26. The minimum Gasteiger partial charge on any atom is -0.496 e. The Hall–Kier alpha value is -2.59. The molecule has 1 amide bonds. The van der Waals surface area contributed by atoms with E-state index in [1.165, 1.54) is 37.9 Å². The third-order valence-corrected chi connectivity index (χ3v) is 5.21. The molecule has 0 unspecified atom stereocenters. The summed E-state index contributed by atoms with van der Waals surface area (Å²) in [5, 5.41) is 3.03. The molecule has 1 aliphatic rings. The molecule has 4 heteroatoms. The van der Waals surface area contributed by atoms with Crippen molar-refractivity contribution in [3.8, 4) is 5.75 Å². The summed E-state index contributed by atoms with van der Waals surface area (Å²) in [5.41, 5.74) is 4.05. The predicted octanol–water partition coefficient (Wildman–Crippen LogP) is 4.34. The van der Waals surface area contributed by atoms with Crippen LogP contribution in [-0.2, 0) is 19.5 Å². The van der Waals surface area contributed by atoms with E-state index in [2.05, 4.69) is 41.1 Å². The van der Waals surface area contributed by atoms with Crippen LogP contribution in [0.3, 0.4) is 0 Å². The molecular weight excluding hydrogens is 348 g/mol. The van der Waals surface area contributed by atoms with Crippen LogP contribution < -0.4 is 10.1 Å². The van der Waals surface area contributed by atoms with Gasteiger partial charge in [0.25, 0.3) is 5.91 Å². The summed E-state index contributed by atoms with van der Waals surface area (Å²) in [6.45, 7) is 7.66. The van der Waals surface area contributed by atoms with E-state index in [-0.39, 0.29) is 5.91 Å². The number of allylic oxidation sites excluding steroid dienone is 1. The summed E-state index contributed by atoms with van der Waals surface area (Å²) in [5.74, 6) is 0.705. The van der Waals surface area contributed by atoms with Gasteiger partial charge in [-0.15, -0.1) is 6.58 Å². The summed E-state index contributed by atoms with van der Waals surface area (Å²) >= 11 is 0. The van der Waals surface area contributed by atoms with Gasteiger partial charge in [0.15, 0.2) is 0 Å². The number of nitrogens with one attached hydrogen (secondary N) is 1. The van der Waals surface area contributed by atoms with E-state index in [4.69, 9.17) is 4.74 Å². The van der Waals surface area contributed by atoms with Gasteiger partial charge in [0.1, 0.15) is 5.75 Å². The maximum Gasteiger partial charge on any atom is 0.251 e. The zero-order valence-corrected chi connectivity index (χ0v) is 16.7. The third-order valence-electron chi connectivity index (χ3n) is 5.21. The lowest BCUT2D eigenvalue weighted by Gasteiger charge is -2.26. The van der Waals surface area contributed by atoms with Gasteiger partial charge in [0.05, 0.1) is 7.11 Å². The second-order valence-electron chi connectivity index (χ2n) is 7.36. The van der Waals surface area contributed by atoms with Gasteiger partial charge in [-0.25, -0.2) is 0 Å². The van der Waals surface area contributed by atoms with Crippen LogP contribution in [0.5, 0.6) is 5.75 Å². The molecule has 0 saturated carbocycles. The van der Waals surface area contributed by atoms with E-state index in [0.717, 1.165) is 23.4 Å². The fourth-order valence-corrected chi connectivity index (χ4v) is 3.73. The Labute approximate surface area is 168 Å². The lowest BCUT2D eigenvalue weighted by Crippen LogP contribution is -2.29. The van der Waals surface area contributed by atoms with Crippen LogP contribution in [0.2, 0.25) is 0 Å². The lowest BCUT2D eigenvalue weighted by atomic mass is 10.1. The first-order valence-electron chi connectivity index (χ1n) is 10.1. The van der Waals surface area contributed by atoms with Crippen LogP contribution in [0.15, 0.2) is 55.1 Å². The van der Waals surface area contributed by atoms with Crippen LogP contribution >= 0.6 is 0 Å². The first kappa shape index (κ1) is 20.2. The Bertz CT molecular complexity index is 810. The minimum absolute atomic E-state index is 0.0746. The van der Waals surface area contributed by atoms with Crippen molar-refractivity contribution in [1.29, 1.82) is 0 Å². The first-order valence-corrected chi connectivity index (χ1v) is 10.1. The van der Waals surface area contributed by atoms with E-state index >= 15 is 0 Å². The summed E-state index contributed by atoms with van der Waals surface area (Å²) < 4.78 is 5.35. The van der Waals surface area contributed by atoms with Crippen LogP contribution in [0.4, 0.5) is 0 Å². The average Bonchev–Trinajstić information content (AvgIpc) is 2.73. The third kappa shape index (κ3) is 5.46. The number of benzene rings is 2. The molecule has 0 bridgehead atoms. The molecule has 2 aromatic rings. The number of carbonyl (C=O) groups is 1. The second kappa shape index (κ2) is 10.1. The van der Waals surface area contributed by atoms with Crippen molar-refractivity contribution in [2.45, 2.75) is 38.8 Å². The molecule has 0 aromatic heterocycles. The molecule has 4 nitrogen and oxygen atoms in total. The standard InChI is InChI=1S/C24H30N2O2/c1-3-8-21-16-22(11-12-23(21)28-2)24(27)25-17-19-9-7-10-20(15-19)18-26-13-5-4-6-14-26/h3,7,9-12,15-16H,1,4-6,8,13-14,17-18H2,2H3,(H,25,27). The van der Waals surface area contributed by atoms with Crippen molar-refractivity contribution in [2.24, 2.45) is 0 Å². The summed E-state index contributed by atoms with van der Waals surface area (Å²) in [7, 11) is 1.64. The fourth-order valence-electron chi connectivity index (χ4n) is 3.73. The van der Waals surface area contributed by atoms with Crippen LogP contribution in [0.1, 0.15) is 46.3 Å². The van der Waals surface area contributed by atoms with Gasteiger partial charge in [0.2, 0.25) is 0 Å². The number of nitrogens with zero attached hydrogens (tertiary/aromatic N) is 1.